The van der Waals surface area contributed by atoms with Gasteiger partial charge in [0.2, 0.25) is 10.0 Å². The Balaban J connectivity index is 1.90. The Morgan fingerprint density at radius 3 is 2.70 bits per heavy atom. The fourth-order valence-corrected chi connectivity index (χ4v) is 4.61. The highest BCUT2D eigenvalue weighted by Gasteiger charge is 2.29. The number of nitrogens with two attached hydrogens (primary N) is 1. The Kier molecular flexibility index (Phi) is 4.40. The van der Waals surface area contributed by atoms with Crippen molar-refractivity contribution in [2.45, 2.75) is 49.5 Å². The zero-order chi connectivity index (χ0) is 16.5. The lowest BCUT2D eigenvalue weighted by molar-refractivity contribution is 0.296. The molecule has 124 valence electrons. The molecule has 0 saturated heterocycles. The molecule has 0 radical (unpaired) electrons. The first-order chi connectivity index (χ1) is 10.9. The van der Waals surface area contributed by atoms with Crippen molar-refractivity contribution in [2.24, 2.45) is 5.73 Å². The van der Waals surface area contributed by atoms with Gasteiger partial charge in [0.15, 0.2) is 0 Å². The molecule has 0 amide bonds. The minimum atomic E-state index is -3.61. The summed E-state index contributed by atoms with van der Waals surface area (Å²) in [6, 6.07) is 6.99. The topological polar surface area (TPSA) is 85.1 Å². The van der Waals surface area contributed by atoms with Crippen LogP contribution in [-0.4, -0.2) is 25.5 Å². The van der Waals surface area contributed by atoms with Crippen molar-refractivity contribution >= 4 is 20.9 Å². The third-order valence-corrected chi connectivity index (χ3v) is 6.14. The smallest absolute Gasteiger partial charge is 0.241 e. The van der Waals surface area contributed by atoms with Crippen LogP contribution in [0.15, 0.2) is 35.4 Å². The minimum Gasteiger partial charge on any atom is -0.324 e. The van der Waals surface area contributed by atoms with Crippen LogP contribution in [0.2, 0.25) is 0 Å². The maximum Gasteiger partial charge on any atom is 0.241 e. The van der Waals surface area contributed by atoms with Crippen molar-refractivity contribution in [3.63, 3.8) is 0 Å². The van der Waals surface area contributed by atoms with Crippen molar-refractivity contribution in [3.05, 3.63) is 36.0 Å². The fraction of sp³-hybridized carbons (Fsp3) is 0.471. The van der Waals surface area contributed by atoms with Crippen molar-refractivity contribution < 1.29 is 8.42 Å². The molecule has 0 atom stereocenters. The summed E-state index contributed by atoms with van der Waals surface area (Å²) in [5.74, 6) is 0. The van der Waals surface area contributed by atoms with Crippen LogP contribution in [0.5, 0.6) is 0 Å². The quantitative estimate of drug-likeness (QED) is 0.900. The maximum absolute atomic E-state index is 12.7. The van der Waals surface area contributed by atoms with Crippen LogP contribution in [0.3, 0.4) is 0 Å². The minimum absolute atomic E-state index is 0.269. The number of nitrogens with one attached hydrogen (secondary N) is 1. The first-order valence-electron chi connectivity index (χ1n) is 8.04. The Hall–Kier alpha value is -1.50. The van der Waals surface area contributed by atoms with Crippen molar-refractivity contribution in [3.8, 4) is 0 Å². The molecule has 1 saturated carbocycles. The molecule has 1 aliphatic carbocycles. The van der Waals surface area contributed by atoms with Gasteiger partial charge in [0.05, 0.1) is 10.4 Å². The van der Waals surface area contributed by atoms with Gasteiger partial charge >= 0.3 is 0 Å². The van der Waals surface area contributed by atoms with Gasteiger partial charge in [0, 0.05) is 23.7 Å². The summed E-state index contributed by atoms with van der Waals surface area (Å²) in [4.78, 5) is 4.57. The number of nitrogens with zero attached hydrogens (tertiary/aromatic N) is 1. The zero-order valence-corrected chi connectivity index (χ0v) is 14.2. The second-order valence-electron chi connectivity index (χ2n) is 6.53. The summed E-state index contributed by atoms with van der Waals surface area (Å²) in [5.41, 5.74) is 7.59. The third kappa shape index (κ3) is 3.39. The SMILES string of the molecule is Cc1ccc(S(=O)(=O)NCC2(N)CCCCC2)c2cccnc12. The van der Waals surface area contributed by atoms with Gasteiger partial charge < -0.3 is 5.73 Å². The lowest BCUT2D eigenvalue weighted by Crippen LogP contribution is -2.51. The van der Waals surface area contributed by atoms with Gasteiger partial charge in [-0.1, -0.05) is 25.3 Å². The molecule has 0 bridgehead atoms. The summed E-state index contributed by atoms with van der Waals surface area (Å²) in [6.07, 6.45) is 6.72. The molecule has 0 aliphatic heterocycles. The lowest BCUT2D eigenvalue weighted by Gasteiger charge is -2.33. The van der Waals surface area contributed by atoms with Crippen LogP contribution in [-0.2, 0) is 10.0 Å². The largest absolute Gasteiger partial charge is 0.324 e. The second kappa shape index (κ2) is 6.19. The number of pyridine rings is 1. The molecule has 2 aromatic rings. The van der Waals surface area contributed by atoms with E-state index in [9.17, 15) is 8.42 Å². The molecule has 1 aromatic heterocycles. The standard InChI is InChI=1S/C17H23N3O2S/c1-13-7-8-15(14-6-5-11-19-16(13)14)23(21,22)20-12-17(18)9-3-2-4-10-17/h5-8,11,20H,2-4,9-10,12,18H2,1H3. The number of hydrogen-bond acceptors (Lipinski definition) is 4. The monoisotopic (exact) mass is 333 g/mol. The molecule has 1 heterocycles. The van der Waals surface area contributed by atoms with E-state index in [1.807, 2.05) is 6.92 Å². The molecule has 5 nitrogen and oxygen atoms in total. The zero-order valence-electron chi connectivity index (χ0n) is 13.4. The lowest BCUT2D eigenvalue weighted by atomic mass is 9.83. The summed E-state index contributed by atoms with van der Waals surface area (Å²) in [6.45, 7) is 2.21. The van der Waals surface area contributed by atoms with Crippen molar-refractivity contribution in [2.75, 3.05) is 6.54 Å². The normalized spacial score (nSPS) is 18.2. The number of sulfonamides is 1. The van der Waals surface area contributed by atoms with Gasteiger partial charge in [-0.3, -0.25) is 4.98 Å². The van der Waals surface area contributed by atoms with E-state index in [1.54, 1.807) is 30.5 Å². The molecule has 6 heteroatoms. The van der Waals surface area contributed by atoms with Crippen LogP contribution in [0.4, 0.5) is 0 Å². The highest BCUT2D eigenvalue weighted by molar-refractivity contribution is 7.89. The summed E-state index contributed by atoms with van der Waals surface area (Å²) in [7, 11) is -3.61. The van der Waals surface area contributed by atoms with Crippen molar-refractivity contribution in [1.29, 1.82) is 0 Å². The molecule has 1 aliphatic rings. The van der Waals surface area contributed by atoms with Gasteiger partial charge in [-0.05, 0) is 43.5 Å². The van der Waals surface area contributed by atoms with Crippen LogP contribution < -0.4 is 10.5 Å². The van der Waals surface area contributed by atoms with E-state index in [4.69, 9.17) is 5.73 Å². The van der Waals surface area contributed by atoms with Gasteiger partial charge in [0.25, 0.3) is 0 Å². The van der Waals surface area contributed by atoms with E-state index in [-0.39, 0.29) is 11.4 Å². The highest BCUT2D eigenvalue weighted by atomic mass is 32.2. The predicted octanol–water partition coefficient (Wildman–Crippen LogP) is 2.48. The van der Waals surface area contributed by atoms with Crippen molar-refractivity contribution in [1.82, 2.24) is 9.71 Å². The third-order valence-electron chi connectivity index (χ3n) is 4.68. The summed E-state index contributed by atoms with van der Waals surface area (Å²) >= 11 is 0. The Labute approximate surface area is 137 Å². The number of benzene rings is 1. The van der Waals surface area contributed by atoms with Crippen LogP contribution in [0.1, 0.15) is 37.7 Å². The Morgan fingerprint density at radius 1 is 1.22 bits per heavy atom. The highest BCUT2D eigenvalue weighted by Crippen LogP contribution is 2.27. The molecular formula is C17H23N3O2S. The molecule has 0 unspecified atom stereocenters. The van der Waals surface area contributed by atoms with E-state index in [0.29, 0.717) is 5.39 Å². The summed E-state index contributed by atoms with van der Waals surface area (Å²) in [5, 5.41) is 0.648. The average Bonchev–Trinajstić information content (AvgIpc) is 2.54. The van der Waals surface area contributed by atoms with E-state index >= 15 is 0 Å². The second-order valence-corrected chi connectivity index (χ2v) is 8.26. The van der Waals surface area contributed by atoms with E-state index in [2.05, 4.69) is 9.71 Å². The maximum atomic E-state index is 12.7. The first kappa shape index (κ1) is 16.4. The average molecular weight is 333 g/mol. The first-order valence-corrected chi connectivity index (χ1v) is 9.53. The van der Waals surface area contributed by atoms with E-state index in [1.165, 1.54) is 6.42 Å². The molecule has 1 aromatic carbocycles. The molecule has 23 heavy (non-hydrogen) atoms. The van der Waals surface area contributed by atoms with Crippen LogP contribution >= 0.6 is 0 Å². The number of aromatic nitrogens is 1. The van der Waals surface area contributed by atoms with Gasteiger partial charge in [-0.25, -0.2) is 13.1 Å². The molecule has 3 N–H and O–H groups in total. The number of rotatable bonds is 4. The number of hydrogen-bond donors (Lipinski definition) is 2. The Bertz CT molecular complexity index is 812. The van der Waals surface area contributed by atoms with Gasteiger partial charge in [0.1, 0.15) is 0 Å². The van der Waals surface area contributed by atoms with Crippen LogP contribution in [0, 0.1) is 6.92 Å². The fourth-order valence-electron chi connectivity index (χ4n) is 3.27. The van der Waals surface area contributed by atoms with Gasteiger partial charge in [-0.15, -0.1) is 0 Å². The molecular weight excluding hydrogens is 310 g/mol. The number of fused-ring (bicyclic) bond motifs is 1. The Morgan fingerprint density at radius 2 is 1.96 bits per heavy atom. The summed E-state index contributed by atoms with van der Waals surface area (Å²) < 4.78 is 28.2. The van der Waals surface area contributed by atoms with E-state index in [0.717, 1.165) is 36.8 Å². The molecule has 1 fully saturated rings. The molecule has 3 rings (SSSR count). The van der Waals surface area contributed by atoms with E-state index < -0.39 is 15.6 Å². The van der Waals surface area contributed by atoms with Crippen LogP contribution in [0.25, 0.3) is 10.9 Å². The number of aryl methyl sites for hydroxylation is 1. The predicted molar refractivity (Wildman–Crippen MR) is 91.7 cm³/mol. The van der Waals surface area contributed by atoms with Gasteiger partial charge in [-0.2, -0.15) is 0 Å². The molecule has 0 spiro atoms.